The van der Waals surface area contributed by atoms with Crippen molar-refractivity contribution in [1.82, 2.24) is 0 Å². The van der Waals surface area contributed by atoms with Gasteiger partial charge in [-0.25, -0.2) is 0 Å². The molecule has 0 aliphatic heterocycles. The summed E-state index contributed by atoms with van der Waals surface area (Å²) in [7, 11) is 0. The topological polar surface area (TPSA) is 20.2 Å². The molecule has 0 aliphatic carbocycles. The molecule has 0 bridgehead atoms. The van der Waals surface area contributed by atoms with Crippen LogP contribution in [0.15, 0.2) is 28.7 Å². The molecule has 1 N–H and O–H groups in total. The molecule has 1 aromatic carbocycles. The Bertz CT molecular complexity index is 541. The molecule has 1 nitrogen and oxygen atoms in total. The Morgan fingerprint density at radius 3 is 1.77 bits per heavy atom. The monoisotopic (exact) mass is 404 g/mol. The van der Waals surface area contributed by atoms with Crippen LogP contribution in [-0.4, -0.2) is 29.1 Å². The lowest BCUT2D eigenvalue weighted by atomic mass is 9.94. The van der Waals surface area contributed by atoms with E-state index in [-0.39, 0.29) is 4.47 Å². The SMILES string of the molecule is OC(c1cccc(Br)c1)C(F)(F)C(F)(F)C(F)(F)C(F)(F)F. The van der Waals surface area contributed by atoms with Crippen molar-refractivity contribution in [3.63, 3.8) is 0 Å². The van der Waals surface area contributed by atoms with Crippen molar-refractivity contribution in [3.8, 4) is 0 Å². The Kier molecular flexibility index (Phi) is 4.85. The molecule has 0 fully saturated rings. The minimum Gasteiger partial charge on any atom is -0.382 e. The molecule has 0 aromatic heterocycles. The van der Waals surface area contributed by atoms with Gasteiger partial charge in [-0.15, -0.1) is 0 Å². The largest absolute Gasteiger partial charge is 0.460 e. The lowest BCUT2D eigenvalue weighted by Crippen LogP contribution is -2.62. The number of rotatable bonds is 4. The van der Waals surface area contributed by atoms with Crippen molar-refractivity contribution in [2.45, 2.75) is 30.0 Å². The van der Waals surface area contributed by atoms with Crippen molar-refractivity contribution >= 4 is 15.9 Å². The first-order valence-corrected chi connectivity index (χ1v) is 6.09. The van der Waals surface area contributed by atoms with Gasteiger partial charge in [-0.1, -0.05) is 28.1 Å². The van der Waals surface area contributed by atoms with Crippen LogP contribution in [0, 0.1) is 0 Å². The molecule has 0 heterocycles. The van der Waals surface area contributed by atoms with E-state index in [9.17, 15) is 44.6 Å². The maximum Gasteiger partial charge on any atom is 0.460 e. The predicted octanol–water partition coefficient (Wildman–Crippen LogP) is 4.95. The summed E-state index contributed by atoms with van der Waals surface area (Å²) in [6.45, 7) is 0. The van der Waals surface area contributed by atoms with Crippen LogP contribution >= 0.6 is 15.9 Å². The summed E-state index contributed by atoms with van der Waals surface area (Å²) in [6.07, 6.45) is -10.5. The molecule has 0 amide bonds. The maximum absolute atomic E-state index is 13.4. The number of aliphatic hydroxyl groups is 1. The molecule has 0 aliphatic rings. The van der Waals surface area contributed by atoms with Gasteiger partial charge in [-0.3, -0.25) is 0 Å². The Labute approximate surface area is 125 Å². The van der Waals surface area contributed by atoms with E-state index in [0.29, 0.717) is 12.1 Å². The van der Waals surface area contributed by atoms with E-state index in [0.717, 1.165) is 6.07 Å². The highest BCUT2D eigenvalue weighted by molar-refractivity contribution is 9.10. The average molecular weight is 405 g/mol. The van der Waals surface area contributed by atoms with E-state index in [4.69, 9.17) is 0 Å². The summed E-state index contributed by atoms with van der Waals surface area (Å²) in [6, 6.07) is 3.58. The van der Waals surface area contributed by atoms with Crippen LogP contribution < -0.4 is 0 Å². The van der Waals surface area contributed by atoms with Crippen LogP contribution in [0.3, 0.4) is 0 Å². The Morgan fingerprint density at radius 2 is 1.36 bits per heavy atom. The van der Waals surface area contributed by atoms with Crippen molar-refractivity contribution < 1.29 is 44.6 Å². The standard InChI is InChI=1S/C11H6BrF9O/c12-6-3-1-2-5(4-6)7(22)8(13,14)9(15,16)10(17,18)11(19,20)21/h1-4,7,22H. The summed E-state index contributed by atoms with van der Waals surface area (Å²) in [5.41, 5.74) is -0.961. The normalized spacial score (nSPS) is 15.8. The number of alkyl halides is 9. The third-order valence-corrected chi connectivity index (χ3v) is 3.17. The summed E-state index contributed by atoms with van der Waals surface area (Å²) in [5.74, 6) is -20.0. The quantitative estimate of drug-likeness (QED) is 0.704. The fourth-order valence-corrected chi connectivity index (χ4v) is 1.86. The third-order valence-electron chi connectivity index (χ3n) is 2.68. The van der Waals surface area contributed by atoms with Crippen LogP contribution in [0.2, 0.25) is 0 Å². The van der Waals surface area contributed by atoms with Crippen LogP contribution in [0.25, 0.3) is 0 Å². The van der Waals surface area contributed by atoms with E-state index in [1.165, 1.54) is 6.07 Å². The Balaban J connectivity index is 3.32. The molecule has 0 spiro atoms. The molecule has 126 valence electrons. The smallest absolute Gasteiger partial charge is 0.382 e. The minimum atomic E-state index is -7.03. The van der Waals surface area contributed by atoms with Crippen molar-refractivity contribution in [1.29, 1.82) is 0 Å². The Morgan fingerprint density at radius 1 is 0.864 bits per heavy atom. The first kappa shape index (κ1) is 19.1. The second-order valence-corrected chi connectivity index (χ2v) is 5.14. The highest BCUT2D eigenvalue weighted by Crippen LogP contribution is 2.56. The van der Waals surface area contributed by atoms with Crippen molar-refractivity contribution in [3.05, 3.63) is 34.3 Å². The van der Waals surface area contributed by atoms with Gasteiger partial charge in [0.1, 0.15) is 6.10 Å². The van der Waals surface area contributed by atoms with Gasteiger partial charge in [-0.05, 0) is 17.7 Å². The highest BCUT2D eigenvalue weighted by atomic mass is 79.9. The molecular weight excluding hydrogens is 399 g/mol. The molecule has 1 atom stereocenters. The number of benzene rings is 1. The minimum absolute atomic E-state index is 0.0192. The van der Waals surface area contributed by atoms with Crippen molar-refractivity contribution in [2.75, 3.05) is 0 Å². The first-order valence-electron chi connectivity index (χ1n) is 5.30. The fraction of sp³-hybridized carbons (Fsp3) is 0.455. The van der Waals surface area contributed by atoms with E-state index in [1.54, 1.807) is 0 Å². The van der Waals surface area contributed by atoms with Gasteiger partial charge in [0.25, 0.3) is 0 Å². The number of hydrogen-bond acceptors (Lipinski definition) is 1. The zero-order valence-corrected chi connectivity index (χ0v) is 11.7. The number of hydrogen-bond donors (Lipinski definition) is 1. The van der Waals surface area contributed by atoms with Crippen LogP contribution in [-0.2, 0) is 0 Å². The zero-order chi connectivity index (χ0) is 17.6. The lowest BCUT2D eigenvalue weighted by Gasteiger charge is -2.35. The second kappa shape index (κ2) is 5.59. The summed E-state index contributed by atoms with van der Waals surface area (Å²) < 4.78 is 114. The van der Waals surface area contributed by atoms with Gasteiger partial charge >= 0.3 is 23.9 Å². The molecule has 0 saturated heterocycles. The molecule has 22 heavy (non-hydrogen) atoms. The maximum atomic E-state index is 13.4. The van der Waals surface area contributed by atoms with Gasteiger partial charge in [0, 0.05) is 4.47 Å². The van der Waals surface area contributed by atoms with Gasteiger partial charge in [-0.2, -0.15) is 39.5 Å². The van der Waals surface area contributed by atoms with E-state index in [2.05, 4.69) is 15.9 Å². The summed E-state index contributed by atoms with van der Waals surface area (Å²) >= 11 is 2.75. The number of aliphatic hydroxyl groups excluding tert-OH is 1. The van der Waals surface area contributed by atoms with Crippen LogP contribution in [0.5, 0.6) is 0 Å². The van der Waals surface area contributed by atoms with E-state index < -0.39 is 35.6 Å². The molecule has 1 rings (SSSR count). The highest BCUT2D eigenvalue weighted by Gasteiger charge is 2.83. The van der Waals surface area contributed by atoms with Gasteiger partial charge < -0.3 is 5.11 Å². The Hall–Kier alpha value is -0.970. The van der Waals surface area contributed by atoms with Crippen LogP contribution in [0.1, 0.15) is 11.7 Å². The first-order chi connectivity index (χ1) is 9.66. The molecular formula is C11H6BrF9O. The zero-order valence-electron chi connectivity index (χ0n) is 10.1. The molecule has 0 radical (unpaired) electrons. The average Bonchev–Trinajstić information content (AvgIpc) is 2.35. The third kappa shape index (κ3) is 2.92. The van der Waals surface area contributed by atoms with Crippen molar-refractivity contribution in [2.24, 2.45) is 0 Å². The molecule has 11 heteroatoms. The van der Waals surface area contributed by atoms with Gasteiger partial charge in [0.05, 0.1) is 0 Å². The van der Waals surface area contributed by atoms with Crippen LogP contribution in [0.4, 0.5) is 39.5 Å². The van der Waals surface area contributed by atoms with E-state index >= 15 is 0 Å². The van der Waals surface area contributed by atoms with E-state index in [1.807, 2.05) is 0 Å². The van der Waals surface area contributed by atoms with Gasteiger partial charge in [0.2, 0.25) is 0 Å². The summed E-state index contributed by atoms with van der Waals surface area (Å²) in [5, 5.41) is 9.19. The second-order valence-electron chi connectivity index (χ2n) is 4.23. The molecule has 0 saturated carbocycles. The lowest BCUT2D eigenvalue weighted by molar-refractivity contribution is -0.406. The fourth-order valence-electron chi connectivity index (χ4n) is 1.45. The molecule has 1 unspecified atom stereocenters. The van der Waals surface area contributed by atoms with Gasteiger partial charge in [0.15, 0.2) is 0 Å². The number of halogens is 10. The predicted molar refractivity (Wildman–Crippen MR) is 60.0 cm³/mol. The molecule has 1 aromatic rings. The summed E-state index contributed by atoms with van der Waals surface area (Å²) in [4.78, 5) is 0.